The van der Waals surface area contributed by atoms with E-state index < -0.39 is 42.5 Å². The molecule has 1 aromatic heterocycles. The topological polar surface area (TPSA) is 149 Å². The second-order valence-electron chi connectivity index (χ2n) is 6.14. The van der Waals surface area contributed by atoms with Crippen LogP contribution in [0.1, 0.15) is 31.7 Å². The van der Waals surface area contributed by atoms with E-state index in [0.29, 0.717) is 12.0 Å². The van der Waals surface area contributed by atoms with Gasteiger partial charge in [-0.15, -0.1) is 0 Å². The highest BCUT2D eigenvalue weighted by Gasteiger charge is 2.14. The Morgan fingerprint density at radius 1 is 1.21 bits per heavy atom. The summed E-state index contributed by atoms with van der Waals surface area (Å²) >= 11 is 0. The highest BCUT2D eigenvalue weighted by Crippen LogP contribution is 2.23. The van der Waals surface area contributed by atoms with Gasteiger partial charge in [-0.25, -0.2) is 4.79 Å². The Hall–Kier alpha value is -3.36. The van der Waals surface area contributed by atoms with Gasteiger partial charge in [-0.1, -0.05) is 13.3 Å². The highest BCUT2D eigenvalue weighted by molar-refractivity contribution is 5.84. The molecule has 1 N–H and O–H groups in total. The highest BCUT2D eigenvalue weighted by atomic mass is 16.5. The lowest BCUT2D eigenvalue weighted by molar-refractivity contribution is -0.310. The van der Waals surface area contributed by atoms with Gasteiger partial charge in [-0.2, -0.15) is 0 Å². The van der Waals surface area contributed by atoms with Gasteiger partial charge in [0.05, 0.1) is 12.0 Å². The predicted molar refractivity (Wildman–Crippen MR) is 93.2 cm³/mol. The van der Waals surface area contributed by atoms with Crippen molar-refractivity contribution in [3.8, 4) is 5.75 Å². The Kier molecular flexibility index (Phi) is 7.14. The molecule has 0 radical (unpaired) electrons. The van der Waals surface area contributed by atoms with E-state index in [1.54, 1.807) is 12.1 Å². The summed E-state index contributed by atoms with van der Waals surface area (Å²) in [6.45, 7) is 1.48. The van der Waals surface area contributed by atoms with Crippen molar-refractivity contribution in [3.05, 3.63) is 40.2 Å². The maximum atomic E-state index is 11.9. The van der Waals surface area contributed by atoms with Crippen molar-refractivity contribution in [2.24, 2.45) is 0 Å². The van der Waals surface area contributed by atoms with E-state index in [1.165, 1.54) is 12.1 Å². The first kappa shape index (κ1) is 20.9. The van der Waals surface area contributed by atoms with Crippen LogP contribution in [-0.4, -0.2) is 30.5 Å². The van der Waals surface area contributed by atoms with E-state index >= 15 is 0 Å². The molecule has 0 unspecified atom stereocenters. The van der Waals surface area contributed by atoms with Crippen LogP contribution >= 0.6 is 0 Å². The first-order valence-electron chi connectivity index (χ1n) is 8.69. The molecular weight excluding hydrogens is 370 g/mol. The predicted octanol–water partition coefficient (Wildman–Crippen LogP) is -1.11. The number of rotatable bonds is 10. The van der Waals surface area contributed by atoms with Crippen molar-refractivity contribution >= 4 is 28.8 Å². The minimum atomic E-state index is -1.61. The standard InChI is InChI=1S/C19H21NO8/c1-2-3-11-8-18(24)28-15-9-12(4-5-13(11)15)27-10-16(21)20-14(19(25)26)6-7-17(22)23/h4-5,8-9,14H,2-3,6-7,10H2,1H3,(H,20,21)(H,22,23)(H,25,26)/p-2/t14-/m0/s1. The van der Waals surface area contributed by atoms with E-state index in [2.05, 4.69) is 5.32 Å². The molecule has 0 aliphatic carbocycles. The first-order valence-corrected chi connectivity index (χ1v) is 8.69. The van der Waals surface area contributed by atoms with E-state index in [1.807, 2.05) is 6.92 Å². The maximum absolute atomic E-state index is 11.9. The molecule has 1 aromatic carbocycles. The molecule has 9 nitrogen and oxygen atoms in total. The molecule has 0 aliphatic heterocycles. The minimum absolute atomic E-state index is 0.249. The van der Waals surface area contributed by atoms with Crippen LogP contribution in [0.15, 0.2) is 33.5 Å². The molecular formula is C19H19NO8-2. The fraction of sp³-hybridized carbons (Fsp3) is 0.368. The minimum Gasteiger partial charge on any atom is -0.550 e. The Morgan fingerprint density at radius 3 is 2.61 bits per heavy atom. The summed E-state index contributed by atoms with van der Waals surface area (Å²) in [7, 11) is 0. The number of ether oxygens (including phenoxy) is 1. The zero-order chi connectivity index (χ0) is 20.7. The maximum Gasteiger partial charge on any atom is 0.336 e. The fourth-order valence-electron chi connectivity index (χ4n) is 2.67. The van der Waals surface area contributed by atoms with Gasteiger partial charge in [0.1, 0.15) is 11.3 Å². The van der Waals surface area contributed by atoms with Gasteiger partial charge in [-0.3, -0.25) is 4.79 Å². The Bertz CT molecular complexity index is 933. The molecule has 0 bridgehead atoms. The number of aryl methyl sites for hydroxylation is 1. The molecule has 2 rings (SSSR count). The van der Waals surface area contributed by atoms with E-state index in [-0.39, 0.29) is 12.2 Å². The number of fused-ring (bicyclic) bond motifs is 1. The monoisotopic (exact) mass is 389 g/mol. The SMILES string of the molecule is CCCc1cc(=O)oc2cc(OCC(=O)N[C@@H](CCC(=O)[O-])C(=O)[O-])ccc12. The molecule has 0 spiro atoms. The summed E-state index contributed by atoms with van der Waals surface area (Å²) in [6.07, 6.45) is 0.664. The summed E-state index contributed by atoms with van der Waals surface area (Å²) in [5.41, 5.74) is 0.675. The van der Waals surface area contributed by atoms with Crippen molar-refractivity contribution in [3.63, 3.8) is 0 Å². The van der Waals surface area contributed by atoms with Gasteiger partial charge in [0.25, 0.3) is 5.91 Å². The summed E-state index contributed by atoms with van der Waals surface area (Å²) in [5.74, 6) is -3.56. The summed E-state index contributed by atoms with van der Waals surface area (Å²) in [6, 6.07) is 4.74. The molecule has 9 heteroatoms. The number of benzene rings is 1. The van der Waals surface area contributed by atoms with Crippen molar-refractivity contribution in [2.75, 3.05) is 6.61 Å². The van der Waals surface area contributed by atoms with Crippen LogP contribution in [0.3, 0.4) is 0 Å². The van der Waals surface area contributed by atoms with Gasteiger partial charge in [0.15, 0.2) is 6.61 Å². The van der Waals surface area contributed by atoms with Crippen molar-refractivity contribution in [1.82, 2.24) is 5.32 Å². The largest absolute Gasteiger partial charge is 0.550 e. The second-order valence-corrected chi connectivity index (χ2v) is 6.14. The van der Waals surface area contributed by atoms with E-state index in [0.717, 1.165) is 17.4 Å². The number of carbonyl (C=O) groups excluding carboxylic acids is 3. The number of amides is 1. The van der Waals surface area contributed by atoms with Crippen molar-refractivity contribution in [2.45, 2.75) is 38.6 Å². The van der Waals surface area contributed by atoms with E-state index in [9.17, 15) is 29.4 Å². The normalized spacial score (nSPS) is 11.8. The number of hydrogen-bond donors (Lipinski definition) is 1. The Balaban J connectivity index is 2.04. The van der Waals surface area contributed by atoms with Crippen LogP contribution < -0.4 is 25.9 Å². The smallest absolute Gasteiger partial charge is 0.336 e. The third-order valence-corrected chi connectivity index (χ3v) is 3.95. The number of nitrogens with one attached hydrogen (secondary N) is 1. The molecule has 1 heterocycles. The fourth-order valence-corrected chi connectivity index (χ4v) is 2.67. The van der Waals surface area contributed by atoms with Gasteiger partial charge >= 0.3 is 5.63 Å². The Labute approximate surface area is 159 Å². The lowest BCUT2D eigenvalue weighted by Crippen LogP contribution is -2.49. The zero-order valence-corrected chi connectivity index (χ0v) is 15.2. The van der Waals surface area contributed by atoms with Crippen LogP contribution in [-0.2, 0) is 20.8 Å². The lowest BCUT2D eigenvalue weighted by atomic mass is 10.1. The van der Waals surface area contributed by atoms with Gasteiger partial charge in [0, 0.05) is 23.5 Å². The van der Waals surface area contributed by atoms with Crippen LogP contribution in [0.2, 0.25) is 0 Å². The van der Waals surface area contributed by atoms with Crippen molar-refractivity contribution in [1.29, 1.82) is 0 Å². The first-order chi connectivity index (χ1) is 13.3. The summed E-state index contributed by atoms with van der Waals surface area (Å²) < 4.78 is 10.5. The zero-order valence-electron chi connectivity index (χ0n) is 15.2. The molecule has 1 atom stereocenters. The summed E-state index contributed by atoms with van der Waals surface area (Å²) in [4.78, 5) is 44.9. The van der Waals surface area contributed by atoms with Crippen LogP contribution in [0.25, 0.3) is 11.0 Å². The third-order valence-electron chi connectivity index (χ3n) is 3.95. The van der Waals surface area contributed by atoms with Gasteiger partial charge in [0.2, 0.25) is 0 Å². The van der Waals surface area contributed by atoms with Crippen LogP contribution in [0, 0.1) is 0 Å². The quantitative estimate of drug-likeness (QED) is 0.503. The second kappa shape index (κ2) is 9.54. The number of hydrogen-bond acceptors (Lipinski definition) is 8. The average Bonchev–Trinajstić information content (AvgIpc) is 2.62. The van der Waals surface area contributed by atoms with Crippen LogP contribution in [0.4, 0.5) is 0 Å². The molecule has 28 heavy (non-hydrogen) atoms. The third kappa shape index (κ3) is 5.83. The number of carboxylic acids is 2. The average molecular weight is 389 g/mol. The molecule has 0 aliphatic rings. The molecule has 0 saturated carbocycles. The van der Waals surface area contributed by atoms with Gasteiger partial charge < -0.3 is 34.3 Å². The lowest BCUT2D eigenvalue weighted by Gasteiger charge is -2.20. The van der Waals surface area contributed by atoms with Crippen molar-refractivity contribution < 1.29 is 33.8 Å². The number of carboxylic acid groups (broad SMARTS) is 2. The molecule has 0 saturated heterocycles. The number of carbonyl (C=O) groups is 3. The number of aliphatic carboxylic acids is 2. The van der Waals surface area contributed by atoms with Gasteiger partial charge in [-0.05, 0) is 37.0 Å². The summed E-state index contributed by atoms with van der Waals surface area (Å²) in [5, 5.41) is 24.3. The molecule has 150 valence electrons. The Morgan fingerprint density at radius 2 is 1.96 bits per heavy atom. The molecule has 2 aromatic rings. The molecule has 0 fully saturated rings. The van der Waals surface area contributed by atoms with E-state index in [4.69, 9.17) is 9.15 Å². The van der Waals surface area contributed by atoms with Crippen LogP contribution in [0.5, 0.6) is 5.75 Å². The molecule has 1 amide bonds.